The van der Waals surface area contributed by atoms with Gasteiger partial charge in [-0.3, -0.25) is 4.99 Å². The molecule has 2 aliphatic carbocycles. The largest absolute Gasteiger partial charge is 0.377 e. The quantitative estimate of drug-likeness (QED) is 0.549. The van der Waals surface area contributed by atoms with E-state index in [9.17, 15) is 0 Å². The maximum atomic E-state index is 5.41. The number of guanidine groups is 1. The number of ether oxygens (including phenoxy) is 1. The summed E-state index contributed by atoms with van der Waals surface area (Å²) in [5, 5.41) is 6.85. The average Bonchev–Trinajstić information content (AvgIpc) is 3.25. The van der Waals surface area contributed by atoms with Crippen molar-refractivity contribution in [1.29, 1.82) is 0 Å². The molecule has 0 bridgehead atoms. The molecule has 4 heteroatoms. The molecule has 0 radical (unpaired) electrons. The fourth-order valence-electron chi connectivity index (χ4n) is 2.52. The lowest BCUT2D eigenvalue weighted by atomic mass is 10.0. The molecule has 0 heterocycles. The minimum absolute atomic E-state index is 0.198. The molecule has 0 amide bonds. The Hall–Kier alpha value is -0.770. The maximum absolute atomic E-state index is 5.41. The van der Waals surface area contributed by atoms with Gasteiger partial charge in [-0.1, -0.05) is 0 Å². The van der Waals surface area contributed by atoms with Crippen LogP contribution in [-0.2, 0) is 4.74 Å². The van der Waals surface area contributed by atoms with Crippen LogP contribution in [0.4, 0.5) is 0 Å². The third kappa shape index (κ3) is 4.10. The second-order valence-corrected chi connectivity index (χ2v) is 6.65. The molecule has 0 atom stereocenters. The highest BCUT2D eigenvalue weighted by Gasteiger charge is 2.53. The van der Waals surface area contributed by atoms with E-state index >= 15 is 0 Å². The van der Waals surface area contributed by atoms with Crippen molar-refractivity contribution in [2.24, 2.45) is 16.3 Å². The first-order chi connectivity index (χ1) is 9.01. The molecule has 2 rings (SSSR count). The summed E-state index contributed by atoms with van der Waals surface area (Å²) in [6, 6.07) is 0. The lowest BCUT2D eigenvalue weighted by molar-refractivity contribution is 0.0310. The zero-order valence-corrected chi connectivity index (χ0v) is 12.9. The molecule has 0 aliphatic heterocycles. The minimum atomic E-state index is -0.198. The third-order valence-corrected chi connectivity index (χ3v) is 4.46. The van der Waals surface area contributed by atoms with Gasteiger partial charge in [-0.15, -0.1) is 0 Å². The van der Waals surface area contributed by atoms with Crippen LogP contribution in [-0.4, -0.2) is 38.3 Å². The third-order valence-electron chi connectivity index (χ3n) is 4.46. The van der Waals surface area contributed by atoms with Gasteiger partial charge in [-0.25, -0.2) is 0 Å². The number of methoxy groups -OCH3 is 1. The first-order valence-corrected chi connectivity index (χ1v) is 7.59. The normalized spacial score (nSPS) is 22.2. The Morgan fingerprint density at radius 3 is 2.47 bits per heavy atom. The number of nitrogens with one attached hydrogen (secondary N) is 2. The fourth-order valence-corrected chi connectivity index (χ4v) is 2.52. The highest BCUT2D eigenvalue weighted by molar-refractivity contribution is 5.79. The molecule has 0 aromatic carbocycles. The molecule has 2 saturated carbocycles. The van der Waals surface area contributed by atoms with E-state index in [0.29, 0.717) is 12.0 Å². The zero-order chi connectivity index (χ0) is 13.9. The summed E-state index contributed by atoms with van der Waals surface area (Å²) in [7, 11) is 1.74. The van der Waals surface area contributed by atoms with Gasteiger partial charge >= 0.3 is 0 Å². The zero-order valence-electron chi connectivity index (χ0n) is 12.9. The van der Waals surface area contributed by atoms with Gasteiger partial charge in [0.2, 0.25) is 0 Å². The predicted molar refractivity (Wildman–Crippen MR) is 79.5 cm³/mol. The van der Waals surface area contributed by atoms with E-state index in [1.54, 1.807) is 7.11 Å². The fraction of sp³-hybridized carbons (Fsp3) is 0.933. The van der Waals surface area contributed by atoms with Crippen LogP contribution < -0.4 is 10.6 Å². The molecule has 0 aromatic rings. The Bertz CT molecular complexity index is 330. The maximum Gasteiger partial charge on any atom is 0.191 e. The highest BCUT2D eigenvalue weighted by atomic mass is 16.5. The van der Waals surface area contributed by atoms with E-state index in [-0.39, 0.29) is 5.60 Å². The van der Waals surface area contributed by atoms with E-state index < -0.39 is 0 Å². The van der Waals surface area contributed by atoms with Crippen LogP contribution in [0.15, 0.2) is 4.99 Å². The molecule has 2 aliphatic rings. The summed E-state index contributed by atoms with van der Waals surface area (Å²) < 4.78 is 5.41. The van der Waals surface area contributed by atoms with Crippen LogP contribution in [0.3, 0.4) is 0 Å². The average molecular weight is 267 g/mol. The molecular formula is C15H29N3O. The monoisotopic (exact) mass is 267 g/mol. The second-order valence-electron chi connectivity index (χ2n) is 6.65. The van der Waals surface area contributed by atoms with E-state index in [2.05, 4.69) is 36.4 Å². The topological polar surface area (TPSA) is 45.7 Å². The van der Waals surface area contributed by atoms with Crippen molar-refractivity contribution >= 4 is 5.96 Å². The number of aliphatic imine (C=N–C) groups is 1. The van der Waals surface area contributed by atoms with Crippen molar-refractivity contribution in [1.82, 2.24) is 10.6 Å². The molecule has 0 spiro atoms. The Balaban J connectivity index is 1.83. The van der Waals surface area contributed by atoms with Crippen LogP contribution in [0.5, 0.6) is 0 Å². The van der Waals surface area contributed by atoms with Crippen molar-refractivity contribution in [3.05, 3.63) is 0 Å². The summed E-state index contributed by atoms with van der Waals surface area (Å²) in [5.41, 5.74) is 0.406. The van der Waals surface area contributed by atoms with Gasteiger partial charge in [0, 0.05) is 20.2 Å². The van der Waals surface area contributed by atoms with E-state index in [1.165, 1.54) is 25.7 Å². The lowest BCUT2D eigenvalue weighted by Crippen LogP contribution is -2.42. The van der Waals surface area contributed by atoms with Gasteiger partial charge in [0.05, 0.1) is 12.1 Å². The summed E-state index contributed by atoms with van der Waals surface area (Å²) >= 11 is 0. The number of hydrogen-bond acceptors (Lipinski definition) is 2. The summed E-state index contributed by atoms with van der Waals surface area (Å²) in [5.74, 6) is 1.91. The number of hydrogen-bond donors (Lipinski definition) is 2. The number of nitrogens with zero attached hydrogens (tertiary/aromatic N) is 1. The summed E-state index contributed by atoms with van der Waals surface area (Å²) in [4.78, 5) is 4.64. The van der Waals surface area contributed by atoms with Gasteiger partial charge in [-0.2, -0.15) is 0 Å². The smallest absolute Gasteiger partial charge is 0.191 e. The van der Waals surface area contributed by atoms with Crippen molar-refractivity contribution in [3.8, 4) is 0 Å². The Labute approximate surface area is 117 Å². The van der Waals surface area contributed by atoms with Crippen LogP contribution in [0.1, 0.15) is 46.5 Å². The lowest BCUT2D eigenvalue weighted by Gasteiger charge is -2.22. The molecule has 4 nitrogen and oxygen atoms in total. The van der Waals surface area contributed by atoms with Gasteiger partial charge in [0.15, 0.2) is 5.96 Å². The molecule has 2 fully saturated rings. The van der Waals surface area contributed by atoms with E-state index in [4.69, 9.17) is 4.74 Å². The standard InChI is InChI=1S/C15H29N3O/c1-5-16-13(17-10-14(2,3)19-4)18-11-15(8-9-15)12-6-7-12/h12H,5-11H2,1-4H3,(H2,16,17,18). The van der Waals surface area contributed by atoms with E-state index in [0.717, 1.165) is 25.0 Å². The molecule has 2 N–H and O–H groups in total. The van der Waals surface area contributed by atoms with Gasteiger partial charge < -0.3 is 15.4 Å². The summed E-state index contributed by atoms with van der Waals surface area (Å²) in [6.45, 7) is 8.88. The SMILES string of the molecule is CCNC(=NCC(C)(C)OC)NCC1(C2CC2)CC1. The molecule has 0 aromatic heterocycles. The van der Waals surface area contributed by atoms with Crippen LogP contribution in [0.2, 0.25) is 0 Å². The van der Waals surface area contributed by atoms with Crippen molar-refractivity contribution in [2.45, 2.75) is 52.1 Å². The number of rotatable bonds is 7. The molecular weight excluding hydrogens is 238 g/mol. The molecule has 110 valence electrons. The Kier molecular flexibility index (Phi) is 4.39. The Morgan fingerprint density at radius 2 is 2.00 bits per heavy atom. The first-order valence-electron chi connectivity index (χ1n) is 7.59. The molecule has 0 unspecified atom stereocenters. The summed E-state index contributed by atoms with van der Waals surface area (Å²) in [6.07, 6.45) is 5.67. The van der Waals surface area contributed by atoms with Gasteiger partial charge in [0.25, 0.3) is 0 Å². The minimum Gasteiger partial charge on any atom is -0.377 e. The van der Waals surface area contributed by atoms with Gasteiger partial charge in [0.1, 0.15) is 0 Å². The van der Waals surface area contributed by atoms with Gasteiger partial charge in [-0.05, 0) is 57.8 Å². The van der Waals surface area contributed by atoms with Crippen molar-refractivity contribution in [2.75, 3.05) is 26.7 Å². The molecule has 0 saturated heterocycles. The van der Waals surface area contributed by atoms with Crippen molar-refractivity contribution in [3.63, 3.8) is 0 Å². The second kappa shape index (κ2) is 5.70. The van der Waals surface area contributed by atoms with Crippen LogP contribution in [0.25, 0.3) is 0 Å². The van der Waals surface area contributed by atoms with Crippen LogP contribution in [0, 0.1) is 11.3 Å². The Morgan fingerprint density at radius 1 is 1.32 bits per heavy atom. The first kappa shape index (κ1) is 14.6. The molecule has 19 heavy (non-hydrogen) atoms. The highest BCUT2D eigenvalue weighted by Crippen LogP contribution is 2.60. The van der Waals surface area contributed by atoms with E-state index in [1.807, 2.05) is 0 Å². The predicted octanol–water partition coefficient (Wildman–Crippen LogP) is 2.16. The van der Waals surface area contributed by atoms with Crippen LogP contribution >= 0.6 is 0 Å². The van der Waals surface area contributed by atoms with Crippen molar-refractivity contribution < 1.29 is 4.74 Å².